The van der Waals surface area contributed by atoms with Crippen LogP contribution in [0.25, 0.3) is 0 Å². The highest BCUT2D eigenvalue weighted by Gasteiger charge is 2.28. The summed E-state index contributed by atoms with van der Waals surface area (Å²) in [6, 6.07) is 12.8. The van der Waals surface area contributed by atoms with E-state index in [2.05, 4.69) is 43.0 Å². The van der Waals surface area contributed by atoms with E-state index in [1.165, 1.54) is 30.5 Å². The maximum absolute atomic E-state index is 12.7. The molecule has 160 valence electrons. The molecule has 1 saturated heterocycles. The Morgan fingerprint density at radius 1 is 1.03 bits per heavy atom. The summed E-state index contributed by atoms with van der Waals surface area (Å²) in [5.74, 6) is -0.313. The average molecular weight is 492 g/mol. The summed E-state index contributed by atoms with van der Waals surface area (Å²) in [7, 11) is -3.61. The molecule has 2 N–H and O–H groups in total. The first-order chi connectivity index (χ1) is 14.4. The molecule has 1 saturated carbocycles. The molecule has 4 rings (SSSR count). The molecule has 0 atom stereocenters. The molecule has 0 radical (unpaired) electrons. The van der Waals surface area contributed by atoms with E-state index >= 15 is 0 Å². The Morgan fingerprint density at radius 2 is 1.70 bits per heavy atom. The molecule has 2 aromatic carbocycles. The van der Waals surface area contributed by atoms with Gasteiger partial charge in [-0.2, -0.15) is 0 Å². The Balaban J connectivity index is 1.38. The molecular formula is C22H26BrN3O3S. The maximum atomic E-state index is 12.7. The van der Waals surface area contributed by atoms with Crippen molar-refractivity contribution in [1.29, 1.82) is 0 Å². The van der Waals surface area contributed by atoms with E-state index in [-0.39, 0.29) is 16.8 Å². The number of nitrogens with one attached hydrogen (secondary N) is 2. The molecule has 1 aliphatic heterocycles. The van der Waals surface area contributed by atoms with Gasteiger partial charge in [-0.15, -0.1) is 0 Å². The quantitative estimate of drug-likeness (QED) is 0.592. The number of sulfonamides is 1. The van der Waals surface area contributed by atoms with Crippen molar-refractivity contribution in [2.24, 2.45) is 0 Å². The number of carbonyl (C=O) groups excluding carboxylic acids is 1. The van der Waals surface area contributed by atoms with Crippen molar-refractivity contribution in [1.82, 2.24) is 14.9 Å². The number of benzene rings is 2. The van der Waals surface area contributed by atoms with E-state index in [4.69, 9.17) is 0 Å². The number of nitrogens with zero attached hydrogens (tertiary/aromatic N) is 1. The number of halogens is 1. The lowest BCUT2D eigenvalue weighted by atomic mass is 10.1. The van der Waals surface area contributed by atoms with Gasteiger partial charge in [-0.1, -0.05) is 24.3 Å². The highest BCUT2D eigenvalue weighted by atomic mass is 79.9. The van der Waals surface area contributed by atoms with Crippen LogP contribution in [0.4, 0.5) is 0 Å². The number of rotatable bonds is 8. The van der Waals surface area contributed by atoms with Gasteiger partial charge < -0.3 is 5.32 Å². The second-order valence-corrected chi connectivity index (χ2v) is 10.6. The fraction of sp³-hybridized carbons (Fsp3) is 0.409. The Morgan fingerprint density at radius 3 is 2.37 bits per heavy atom. The first kappa shape index (κ1) is 21.5. The molecule has 30 heavy (non-hydrogen) atoms. The number of hydrogen-bond donors (Lipinski definition) is 2. The van der Waals surface area contributed by atoms with Gasteiger partial charge in [-0.05, 0) is 84.0 Å². The molecule has 1 aliphatic carbocycles. The standard InChI is InChI=1S/C22H26BrN3O3S/c23-21-10-9-19(30(28,29)25-18-7-8-18)13-20(21)22(27)24-14-16-3-5-17(6-4-16)15-26-11-1-2-12-26/h3-6,9-10,13,18,25H,1-2,7-8,11-12,14-15H2,(H,24,27). The summed E-state index contributed by atoms with van der Waals surface area (Å²) >= 11 is 3.36. The fourth-order valence-corrected chi connectivity index (χ4v) is 5.33. The molecule has 8 heteroatoms. The van der Waals surface area contributed by atoms with Crippen molar-refractivity contribution in [2.75, 3.05) is 13.1 Å². The van der Waals surface area contributed by atoms with Crippen LogP contribution in [-0.4, -0.2) is 38.4 Å². The van der Waals surface area contributed by atoms with E-state index in [0.717, 1.165) is 38.0 Å². The molecule has 1 amide bonds. The van der Waals surface area contributed by atoms with E-state index in [1.807, 2.05) is 12.1 Å². The summed E-state index contributed by atoms with van der Waals surface area (Å²) in [4.78, 5) is 15.2. The van der Waals surface area contributed by atoms with Gasteiger partial charge in [0, 0.05) is 23.6 Å². The third kappa shape index (κ3) is 5.49. The predicted octanol–water partition coefficient (Wildman–Crippen LogP) is 3.42. The topological polar surface area (TPSA) is 78.5 Å². The number of hydrogen-bond acceptors (Lipinski definition) is 4. The third-order valence-electron chi connectivity index (χ3n) is 5.47. The lowest BCUT2D eigenvalue weighted by molar-refractivity contribution is 0.0950. The monoisotopic (exact) mass is 491 g/mol. The summed E-state index contributed by atoms with van der Waals surface area (Å²) < 4.78 is 28.1. The van der Waals surface area contributed by atoms with Crippen molar-refractivity contribution in [3.8, 4) is 0 Å². The van der Waals surface area contributed by atoms with Crippen LogP contribution in [0, 0.1) is 0 Å². The Kier molecular flexibility index (Phi) is 6.57. The summed E-state index contributed by atoms with van der Waals surface area (Å²) in [6.45, 7) is 3.68. The highest BCUT2D eigenvalue weighted by Crippen LogP contribution is 2.25. The van der Waals surface area contributed by atoms with Gasteiger partial charge in [0.15, 0.2) is 0 Å². The van der Waals surface area contributed by atoms with Crippen LogP contribution < -0.4 is 10.0 Å². The highest BCUT2D eigenvalue weighted by molar-refractivity contribution is 9.10. The summed E-state index contributed by atoms with van der Waals surface area (Å²) in [5.41, 5.74) is 2.58. The van der Waals surface area contributed by atoms with Gasteiger partial charge >= 0.3 is 0 Å². The minimum atomic E-state index is -3.61. The molecule has 0 aromatic heterocycles. The minimum absolute atomic E-state index is 0.0179. The Hall–Kier alpha value is -1.74. The SMILES string of the molecule is O=C(NCc1ccc(CN2CCCC2)cc1)c1cc(S(=O)(=O)NC2CC2)ccc1Br. The Labute approximate surface area is 186 Å². The van der Waals surface area contributed by atoms with Crippen LogP contribution in [0.1, 0.15) is 47.2 Å². The van der Waals surface area contributed by atoms with Gasteiger partial charge in [0.1, 0.15) is 0 Å². The molecular weight excluding hydrogens is 466 g/mol. The zero-order valence-corrected chi connectivity index (χ0v) is 19.1. The largest absolute Gasteiger partial charge is 0.348 e. The zero-order valence-electron chi connectivity index (χ0n) is 16.7. The van der Waals surface area contributed by atoms with Crippen LogP contribution in [0.3, 0.4) is 0 Å². The van der Waals surface area contributed by atoms with Gasteiger partial charge in [-0.3, -0.25) is 9.69 Å². The van der Waals surface area contributed by atoms with E-state index in [0.29, 0.717) is 16.6 Å². The van der Waals surface area contributed by atoms with Crippen molar-refractivity contribution >= 4 is 31.9 Å². The van der Waals surface area contributed by atoms with Crippen molar-refractivity contribution in [3.63, 3.8) is 0 Å². The van der Waals surface area contributed by atoms with Crippen molar-refractivity contribution in [2.45, 2.75) is 49.7 Å². The van der Waals surface area contributed by atoms with Crippen LogP contribution in [0.15, 0.2) is 51.8 Å². The molecule has 6 nitrogen and oxygen atoms in total. The fourth-order valence-electron chi connectivity index (χ4n) is 3.57. The number of carbonyl (C=O) groups is 1. The van der Waals surface area contributed by atoms with Crippen LogP contribution >= 0.6 is 15.9 Å². The van der Waals surface area contributed by atoms with Crippen LogP contribution in [0.2, 0.25) is 0 Å². The lowest BCUT2D eigenvalue weighted by Gasteiger charge is -2.15. The zero-order chi connectivity index (χ0) is 21.1. The first-order valence-corrected chi connectivity index (χ1v) is 12.6. The lowest BCUT2D eigenvalue weighted by Crippen LogP contribution is -2.27. The maximum Gasteiger partial charge on any atom is 0.252 e. The molecule has 2 aliphatic rings. The van der Waals surface area contributed by atoms with Crippen LogP contribution in [-0.2, 0) is 23.1 Å². The van der Waals surface area contributed by atoms with Gasteiger partial charge in [0.25, 0.3) is 5.91 Å². The molecule has 2 fully saturated rings. The number of amides is 1. The second-order valence-electron chi connectivity index (χ2n) is 8.02. The van der Waals surface area contributed by atoms with E-state index < -0.39 is 10.0 Å². The van der Waals surface area contributed by atoms with Crippen molar-refractivity contribution in [3.05, 3.63) is 63.6 Å². The second kappa shape index (κ2) is 9.18. The van der Waals surface area contributed by atoms with Gasteiger partial charge in [-0.25, -0.2) is 13.1 Å². The van der Waals surface area contributed by atoms with E-state index in [9.17, 15) is 13.2 Å². The van der Waals surface area contributed by atoms with Gasteiger partial charge in [0.05, 0.1) is 10.5 Å². The molecule has 0 spiro atoms. The normalized spacial score (nSPS) is 17.2. The molecule has 0 unspecified atom stereocenters. The Bertz CT molecular complexity index is 1010. The molecule has 0 bridgehead atoms. The third-order valence-corrected chi connectivity index (χ3v) is 7.68. The van der Waals surface area contributed by atoms with Crippen molar-refractivity contribution < 1.29 is 13.2 Å². The van der Waals surface area contributed by atoms with E-state index in [1.54, 1.807) is 6.07 Å². The predicted molar refractivity (Wildman–Crippen MR) is 120 cm³/mol. The minimum Gasteiger partial charge on any atom is -0.348 e. The summed E-state index contributed by atoms with van der Waals surface area (Å²) in [5, 5.41) is 2.89. The first-order valence-electron chi connectivity index (χ1n) is 10.3. The average Bonchev–Trinajstić information content (AvgIpc) is 3.38. The molecule has 1 heterocycles. The van der Waals surface area contributed by atoms with Crippen LogP contribution in [0.5, 0.6) is 0 Å². The summed E-state index contributed by atoms with van der Waals surface area (Å²) in [6.07, 6.45) is 4.28. The smallest absolute Gasteiger partial charge is 0.252 e. The van der Waals surface area contributed by atoms with Gasteiger partial charge in [0.2, 0.25) is 10.0 Å². The molecule has 2 aromatic rings. The number of likely N-dealkylation sites (tertiary alicyclic amines) is 1.